The Labute approximate surface area is 154 Å². The van der Waals surface area contributed by atoms with Crippen LogP contribution >= 0.6 is 11.6 Å². The largest absolute Gasteiger partial charge is 0.332 e. The molecule has 5 nitrogen and oxygen atoms in total. The second-order valence-electron chi connectivity index (χ2n) is 6.54. The van der Waals surface area contributed by atoms with Crippen molar-refractivity contribution in [3.63, 3.8) is 0 Å². The monoisotopic (exact) mass is 360 g/mol. The van der Waals surface area contributed by atoms with Gasteiger partial charge in [0, 0.05) is 30.9 Å². The van der Waals surface area contributed by atoms with Crippen LogP contribution in [0.1, 0.15) is 41.7 Å². The molecule has 25 heavy (non-hydrogen) atoms. The van der Waals surface area contributed by atoms with Gasteiger partial charge in [-0.25, -0.2) is 0 Å². The van der Waals surface area contributed by atoms with Crippen LogP contribution in [0.5, 0.6) is 0 Å². The number of aromatic amines is 1. The molecule has 2 heterocycles. The van der Waals surface area contributed by atoms with E-state index in [4.69, 9.17) is 11.6 Å². The summed E-state index contributed by atoms with van der Waals surface area (Å²) >= 11 is 6.30. The lowest BCUT2D eigenvalue weighted by atomic mass is 10.2. The molecule has 134 valence electrons. The normalized spacial score (nSPS) is 15.7. The summed E-state index contributed by atoms with van der Waals surface area (Å²) in [7, 11) is 0. The number of hydrogen-bond acceptors (Lipinski definition) is 3. The van der Waals surface area contributed by atoms with Crippen molar-refractivity contribution in [2.45, 2.75) is 32.2 Å². The molecule has 1 amide bonds. The van der Waals surface area contributed by atoms with Gasteiger partial charge in [-0.05, 0) is 43.6 Å². The lowest BCUT2D eigenvalue weighted by Crippen LogP contribution is -2.39. The molecule has 0 unspecified atom stereocenters. The highest BCUT2D eigenvalue weighted by molar-refractivity contribution is 6.31. The van der Waals surface area contributed by atoms with E-state index >= 15 is 0 Å². The summed E-state index contributed by atoms with van der Waals surface area (Å²) in [6.07, 6.45) is 6.73. The molecule has 1 N–H and O–H groups in total. The predicted molar refractivity (Wildman–Crippen MR) is 99.7 cm³/mol. The summed E-state index contributed by atoms with van der Waals surface area (Å²) in [6, 6.07) is 9.42. The molecular weight excluding hydrogens is 336 g/mol. The second-order valence-corrected chi connectivity index (χ2v) is 6.95. The molecule has 0 atom stereocenters. The summed E-state index contributed by atoms with van der Waals surface area (Å²) in [5.41, 5.74) is 1.48. The molecule has 6 heteroatoms. The fourth-order valence-electron chi connectivity index (χ4n) is 3.25. The Morgan fingerprint density at radius 3 is 2.60 bits per heavy atom. The van der Waals surface area contributed by atoms with Crippen LogP contribution in [0.25, 0.3) is 0 Å². The van der Waals surface area contributed by atoms with Crippen LogP contribution in [0.15, 0.2) is 36.5 Å². The summed E-state index contributed by atoms with van der Waals surface area (Å²) in [4.78, 5) is 17.2. The zero-order chi connectivity index (χ0) is 17.5. The van der Waals surface area contributed by atoms with Gasteiger partial charge in [-0.15, -0.1) is 0 Å². The van der Waals surface area contributed by atoms with E-state index in [0.717, 1.165) is 25.2 Å². The lowest BCUT2D eigenvalue weighted by molar-refractivity contribution is 0.0716. The highest BCUT2D eigenvalue weighted by Gasteiger charge is 2.19. The topological polar surface area (TPSA) is 52.2 Å². The summed E-state index contributed by atoms with van der Waals surface area (Å²) in [6.45, 7) is 4.33. The van der Waals surface area contributed by atoms with E-state index in [1.54, 1.807) is 12.3 Å². The first-order chi connectivity index (χ1) is 12.2. The molecule has 2 aromatic rings. The summed E-state index contributed by atoms with van der Waals surface area (Å²) in [5, 5.41) is 7.38. The molecule has 1 aliphatic heterocycles. The standard InChI is InChI=1S/C19H25ClN4O/c20-17-8-4-3-7-16(17)15-24(19(25)18-9-10-21-22-18)14-13-23-11-5-1-2-6-12-23/h3-4,7-10H,1-2,5-6,11-15H2,(H,21,22). The highest BCUT2D eigenvalue weighted by Crippen LogP contribution is 2.18. The van der Waals surface area contributed by atoms with Crippen molar-refractivity contribution in [1.29, 1.82) is 0 Å². The maximum absolute atomic E-state index is 12.9. The third kappa shape index (κ3) is 5.06. The number of carbonyl (C=O) groups is 1. The van der Waals surface area contributed by atoms with Gasteiger partial charge in [-0.2, -0.15) is 5.10 Å². The predicted octanol–water partition coefficient (Wildman–Crippen LogP) is 3.58. The van der Waals surface area contributed by atoms with Crippen LogP contribution in [-0.4, -0.2) is 52.1 Å². The van der Waals surface area contributed by atoms with Crippen molar-refractivity contribution in [3.05, 3.63) is 52.8 Å². The Morgan fingerprint density at radius 1 is 1.16 bits per heavy atom. The number of benzene rings is 1. The third-order valence-electron chi connectivity index (χ3n) is 4.72. The summed E-state index contributed by atoms with van der Waals surface area (Å²) in [5.74, 6) is -0.0350. The van der Waals surface area contributed by atoms with Gasteiger partial charge in [0.05, 0.1) is 0 Å². The maximum Gasteiger partial charge on any atom is 0.272 e. The maximum atomic E-state index is 12.9. The summed E-state index contributed by atoms with van der Waals surface area (Å²) < 4.78 is 0. The van der Waals surface area contributed by atoms with Gasteiger partial charge < -0.3 is 9.80 Å². The SMILES string of the molecule is O=C(c1ccn[nH]1)N(CCN1CCCCCC1)Cc1ccccc1Cl. The molecule has 1 fully saturated rings. The molecule has 1 aliphatic rings. The Bertz CT molecular complexity index is 666. The number of H-pyrrole nitrogens is 1. The fraction of sp³-hybridized carbons (Fsp3) is 0.474. The number of nitrogens with zero attached hydrogens (tertiary/aromatic N) is 3. The molecule has 0 radical (unpaired) electrons. The number of hydrogen-bond donors (Lipinski definition) is 1. The van der Waals surface area contributed by atoms with E-state index in [1.807, 2.05) is 29.2 Å². The molecule has 0 saturated carbocycles. The number of halogens is 1. The molecule has 0 aliphatic carbocycles. The van der Waals surface area contributed by atoms with Crippen LogP contribution in [0, 0.1) is 0 Å². The van der Waals surface area contributed by atoms with Crippen LogP contribution in [0.3, 0.4) is 0 Å². The van der Waals surface area contributed by atoms with Crippen LogP contribution in [-0.2, 0) is 6.54 Å². The highest BCUT2D eigenvalue weighted by atomic mass is 35.5. The quantitative estimate of drug-likeness (QED) is 0.856. The van der Waals surface area contributed by atoms with Crippen LogP contribution in [0.4, 0.5) is 0 Å². The first-order valence-corrected chi connectivity index (χ1v) is 9.36. The van der Waals surface area contributed by atoms with Crippen LogP contribution in [0.2, 0.25) is 5.02 Å². The Kier molecular flexibility index (Phi) is 6.48. The minimum atomic E-state index is -0.0350. The fourth-order valence-corrected chi connectivity index (χ4v) is 3.45. The first kappa shape index (κ1) is 18.0. The smallest absolute Gasteiger partial charge is 0.272 e. The molecule has 0 bridgehead atoms. The second kappa shape index (κ2) is 9.02. The first-order valence-electron chi connectivity index (χ1n) is 8.98. The Balaban J connectivity index is 1.69. The van der Waals surface area contributed by atoms with Gasteiger partial charge in [0.1, 0.15) is 5.69 Å². The van der Waals surface area contributed by atoms with E-state index in [9.17, 15) is 4.79 Å². The molecule has 1 saturated heterocycles. The minimum absolute atomic E-state index is 0.0350. The number of rotatable bonds is 6. The van der Waals surface area contributed by atoms with E-state index in [-0.39, 0.29) is 5.91 Å². The van der Waals surface area contributed by atoms with Gasteiger partial charge in [0.2, 0.25) is 0 Å². The van der Waals surface area contributed by atoms with Crippen molar-refractivity contribution in [2.24, 2.45) is 0 Å². The van der Waals surface area contributed by atoms with Crippen molar-refractivity contribution in [2.75, 3.05) is 26.2 Å². The molecular formula is C19H25ClN4O. The number of aromatic nitrogens is 2. The zero-order valence-corrected chi connectivity index (χ0v) is 15.2. The lowest BCUT2D eigenvalue weighted by Gasteiger charge is -2.27. The number of nitrogens with one attached hydrogen (secondary N) is 1. The van der Waals surface area contributed by atoms with Gasteiger partial charge in [0.15, 0.2) is 0 Å². The van der Waals surface area contributed by atoms with Crippen LogP contribution < -0.4 is 0 Å². The molecule has 3 rings (SSSR count). The van der Waals surface area contributed by atoms with Crippen molar-refractivity contribution in [1.82, 2.24) is 20.0 Å². The van der Waals surface area contributed by atoms with Gasteiger partial charge in [0.25, 0.3) is 5.91 Å². The van der Waals surface area contributed by atoms with E-state index in [2.05, 4.69) is 15.1 Å². The van der Waals surface area contributed by atoms with Gasteiger partial charge in [-0.3, -0.25) is 9.89 Å². The molecule has 1 aromatic carbocycles. The molecule has 0 spiro atoms. The Morgan fingerprint density at radius 2 is 1.92 bits per heavy atom. The van der Waals surface area contributed by atoms with Gasteiger partial charge in [-0.1, -0.05) is 42.6 Å². The van der Waals surface area contributed by atoms with E-state index in [1.165, 1.54) is 25.7 Å². The Hall–Kier alpha value is -1.85. The number of carbonyl (C=O) groups excluding carboxylic acids is 1. The average molecular weight is 361 g/mol. The van der Waals surface area contributed by atoms with Crippen molar-refractivity contribution >= 4 is 17.5 Å². The average Bonchev–Trinajstić information content (AvgIpc) is 3.04. The van der Waals surface area contributed by atoms with E-state index < -0.39 is 0 Å². The minimum Gasteiger partial charge on any atom is -0.332 e. The zero-order valence-electron chi connectivity index (χ0n) is 14.5. The third-order valence-corrected chi connectivity index (χ3v) is 5.09. The van der Waals surface area contributed by atoms with E-state index in [0.29, 0.717) is 23.8 Å². The van der Waals surface area contributed by atoms with Gasteiger partial charge >= 0.3 is 0 Å². The number of likely N-dealkylation sites (tertiary alicyclic amines) is 1. The molecule has 1 aromatic heterocycles. The van der Waals surface area contributed by atoms with Crippen molar-refractivity contribution in [3.8, 4) is 0 Å². The number of amides is 1. The van der Waals surface area contributed by atoms with Crippen molar-refractivity contribution < 1.29 is 4.79 Å².